The Bertz CT molecular complexity index is 395. The lowest BCUT2D eigenvalue weighted by molar-refractivity contribution is 0.107. The summed E-state index contributed by atoms with van der Waals surface area (Å²) < 4.78 is 34.6. The van der Waals surface area contributed by atoms with Gasteiger partial charge in [-0.15, -0.1) is 0 Å². The van der Waals surface area contributed by atoms with Crippen LogP contribution in [0.4, 0.5) is 12.9 Å². The molecule has 0 aliphatic carbocycles. The maximum Gasteiger partial charge on any atom is 0.762 e. The molecular formula is C14H14BF3O. The molecule has 2 aromatic rings. The van der Waals surface area contributed by atoms with Crippen molar-refractivity contribution in [3.63, 3.8) is 0 Å². The normalized spacial score (nSPS) is 9.42. The van der Waals surface area contributed by atoms with E-state index in [-0.39, 0.29) is 0 Å². The standard InChI is InChI=1S/C14H14O.BF3/c1-3-7-13(8-4-1)11-15-12-14-9-5-2-6-10-14;2-1(3)4/h1-10H,11-12H2;. The Labute approximate surface area is 111 Å². The van der Waals surface area contributed by atoms with E-state index in [1.807, 2.05) is 36.4 Å². The van der Waals surface area contributed by atoms with Crippen molar-refractivity contribution in [2.24, 2.45) is 0 Å². The van der Waals surface area contributed by atoms with E-state index >= 15 is 0 Å². The Hall–Kier alpha value is -1.75. The summed E-state index contributed by atoms with van der Waals surface area (Å²) in [5.41, 5.74) is 2.43. The van der Waals surface area contributed by atoms with Gasteiger partial charge in [-0.3, -0.25) is 12.9 Å². The minimum atomic E-state index is -3.67. The third-order valence-corrected chi connectivity index (χ3v) is 2.22. The van der Waals surface area contributed by atoms with Gasteiger partial charge >= 0.3 is 7.54 Å². The van der Waals surface area contributed by atoms with Crippen LogP contribution >= 0.6 is 0 Å². The maximum atomic E-state index is 9.67. The first-order valence-corrected chi connectivity index (χ1v) is 5.76. The molecule has 0 radical (unpaired) electrons. The minimum absolute atomic E-state index is 0.676. The smallest absolute Gasteiger partial charge is 0.372 e. The second kappa shape index (κ2) is 9.22. The average molecular weight is 266 g/mol. The molecule has 1 nitrogen and oxygen atoms in total. The van der Waals surface area contributed by atoms with Gasteiger partial charge in [0.1, 0.15) is 0 Å². The van der Waals surface area contributed by atoms with Crippen molar-refractivity contribution < 1.29 is 17.7 Å². The SMILES string of the molecule is FB(F)F.c1ccc(COCc2ccccc2)cc1. The monoisotopic (exact) mass is 266 g/mol. The van der Waals surface area contributed by atoms with E-state index in [0.29, 0.717) is 13.2 Å². The molecule has 0 aliphatic heterocycles. The zero-order chi connectivity index (χ0) is 13.9. The Morgan fingerprint density at radius 1 is 0.684 bits per heavy atom. The van der Waals surface area contributed by atoms with Crippen LogP contribution in [0.1, 0.15) is 11.1 Å². The van der Waals surface area contributed by atoms with Gasteiger partial charge in [-0.05, 0) is 11.1 Å². The third-order valence-electron chi connectivity index (χ3n) is 2.22. The zero-order valence-corrected chi connectivity index (χ0v) is 10.3. The summed E-state index contributed by atoms with van der Waals surface area (Å²) in [6, 6.07) is 20.4. The van der Waals surface area contributed by atoms with Crippen LogP contribution < -0.4 is 0 Å². The highest BCUT2D eigenvalue weighted by molar-refractivity contribution is 6.33. The molecule has 2 rings (SSSR count). The molecule has 0 aliphatic rings. The number of hydrogen-bond donors (Lipinski definition) is 0. The van der Waals surface area contributed by atoms with Crippen molar-refractivity contribution >= 4 is 7.54 Å². The molecule has 0 fully saturated rings. The Kier molecular flexibility index (Phi) is 7.43. The molecule has 0 N–H and O–H groups in total. The van der Waals surface area contributed by atoms with Gasteiger partial charge in [-0.25, -0.2) is 0 Å². The number of rotatable bonds is 4. The quantitative estimate of drug-likeness (QED) is 0.750. The van der Waals surface area contributed by atoms with E-state index < -0.39 is 7.54 Å². The van der Waals surface area contributed by atoms with Crippen molar-refractivity contribution in [1.29, 1.82) is 0 Å². The lowest BCUT2D eigenvalue weighted by Gasteiger charge is -2.03. The molecule has 0 heterocycles. The lowest BCUT2D eigenvalue weighted by Crippen LogP contribution is -1.93. The molecule has 0 atom stereocenters. The summed E-state index contributed by atoms with van der Waals surface area (Å²) >= 11 is 0. The predicted octanol–water partition coefficient (Wildman–Crippen LogP) is 4.28. The van der Waals surface area contributed by atoms with Crippen LogP contribution in [0.15, 0.2) is 60.7 Å². The van der Waals surface area contributed by atoms with E-state index in [1.54, 1.807) is 0 Å². The molecule has 5 heteroatoms. The third kappa shape index (κ3) is 8.05. The highest BCUT2D eigenvalue weighted by Gasteiger charge is 2.06. The largest absolute Gasteiger partial charge is 0.762 e. The molecular weight excluding hydrogens is 252 g/mol. The van der Waals surface area contributed by atoms with Gasteiger partial charge in [0.2, 0.25) is 0 Å². The highest BCUT2D eigenvalue weighted by Crippen LogP contribution is 2.05. The molecule has 0 bridgehead atoms. The van der Waals surface area contributed by atoms with E-state index in [4.69, 9.17) is 4.74 Å². The van der Waals surface area contributed by atoms with Crippen molar-refractivity contribution in [3.05, 3.63) is 71.8 Å². The van der Waals surface area contributed by atoms with E-state index in [1.165, 1.54) is 11.1 Å². The van der Waals surface area contributed by atoms with Crippen LogP contribution in [0.2, 0.25) is 0 Å². The van der Waals surface area contributed by atoms with Crippen LogP contribution in [0.5, 0.6) is 0 Å². The molecule has 2 aromatic carbocycles. The summed E-state index contributed by atoms with van der Waals surface area (Å²) in [5.74, 6) is 0. The van der Waals surface area contributed by atoms with Crippen molar-refractivity contribution in [2.75, 3.05) is 0 Å². The van der Waals surface area contributed by atoms with Crippen molar-refractivity contribution in [1.82, 2.24) is 0 Å². The summed E-state index contributed by atoms with van der Waals surface area (Å²) in [4.78, 5) is 0. The number of ether oxygens (including phenoxy) is 1. The van der Waals surface area contributed by atoms with Crippen LogP contribution in [0.25, 0.3) is 0 Å². The van der Waals surface area contributed by atoms with Gasteiger partial charge in [0.05, 0.1) is 13.2 Å². The average Bonchev–Trinajstić information content (AvgIpc) is 2.41. The Balaban J connectivity index is 0.000000399. The second-order valence-corrected chi connectivity index (χ2v) is 3.71. The summed E-state index contributed by atoms with van der Waals surface area (Å²) in [6.07, 6.45) is 0. The van der Waals surface area contributed by atoms with E-state index in [9.17, 15) is 12.9 Å². The van der Waals surface area contributed by atoms with Gasteiger partial charge in [0, 0.05) is 0 Å². The first-order chi connectivity index (χ1) is 9.18. The number of benzene rings is 2. The molecule has 0 saturated carbocycles. The molecule has 0 saturated heterocycles. The minimum Gasteiger partial charge on any atom is -0.372 e. The predicted molar refractivity (Wildman–Crippen MR) is 70.5 cm³/mol. The summed E-state index contributed by atoms with van der Waals surface area (Å²) in [5, 5.41) is 0. The van der Waals surface area contributed by atoms with Crippen LogP contribution in [-0.2, 0) is 18.0 Å². The summed E-state index contributed by atoms with van der Waals surface area (Å²) in [7, 11) is -3.67. The molecule has 0 unspecified atom stereocenters. The molecule has 0 aromatic heterocycles. The second-order valence-electron chi connectivity index (χ2n) is 3.71. The molecule has 0 amide bonds. The lowest BCUT2D eigenvalue weighted by atomic mass is 10.2. The molecule has 0 spiro atoms. The zero-order valence-electron chi connectivity index (χ0n) is 10.3. The fourth-order valence-corrected chi connectivity index (χ4v) is 1.44. The fourth-order valence-electron chi connectivity index (χ4n) is 1.44. The fraction of sp³-hybridized carbons (Fsp3) is 0.143. The maximum absolute atomic E-state index is 9.67. The topological polar surface area (TPSA) is 9.23 Å². The van der Waals surface area contributed by atoms with Gasteiger partial charge in [0.15, 0.2) is 0 Å². The first-order valence-electron chi connectivity index (χ1n) is 5.76. The van der Waals surface area contributed by atoms with Crippen molar-refractivity contribution in [2.45, 2.75) is 13.2 Å². The molecule has 100 valence electrons. The van der Waals surface area contributed by atoms with Gasteiger partial charge in [0.25, 0.3) is 0 Å². The summed E-state index contributed by atoms with van der Waals surface area (Å²) in [6.45, 7) is 1.35. The van der Waals surface area contributed by atoms with Crippen LogP contribution in [0, 0.1) is 0 Å². The van der Waals surface area contributed by atoms with Gasteiger partial charge in [-0.1, -0.05) is 60.7 Å². The number of halogens is 3. The first kappa shape index (κ1) is 15.3. The molecule has 19 heavy (non-hydrogen) atoms. The Morgan fingerprint density at radius 3 is 1.32 bits per heavy atom. The Morgan fingerprint density at radius 2 is 1.00 bits per heavy atom. The van der Waals surface area contributed by atoms with Gasteiger partial charge in [-0.2, -0.15) is 0 Å². The highest BCUT2D eigenvalue weighted by atomic mass is 19.4. The van der Waals surface area contributed by atoms with Crippen LogP contribution in [-0.4, -0.2) is 7.54 Å². The number of hydrogen-bond acceptors (Lipinski definition) is 1. The van der Waals surface area contributed by atoms with Crippen LogP contribution in [0.3, 0.4) is 0 Å². The van der Waals surface area contributed by atoms with E-state index in [0.717, 1.165) is 0 Å². The van der Waals surface area contributed by atoms with E-state index in [2.05, 4.69) is 24.3 Å². The van der Waals surface area contributed by atoms with Gasteiger partial charge < -0.3 is 4.74 Å². The van der Waals surface area contributed by atoms with Crippen molar-refractivity contribution in [3.8, 4) is 0 Å².